The maximum absolute atomic E-state index is 12.6. The van der Waals surface area contributed by atoms with E-state index in [9.17, 15) is 13.2 Å². The molecule has 1 amide bonds. The van der Waals surface area contributed by atoms with Crippen molar-refractivity contribution < 1.29 is 17.9 Å². The molecule has 0 aliphatic carbocycles. The van der Waals surface area contributed by atoms with Gasteiger partial charge in [-0.15, -0.1) is 0 Å². The zero-order valence-corrected chi connectivity index (χ0v) is 13.8. The van der Waals surface area contributed by atoms with Crippen LogP contribution in [0.15, 0.2) is 0 Å². The fraction of sp³-hybridized carbons (Fsp3) is 0.929. The molecule has 21 heavy (non-hydrogen) atoms. The molecule has 2 aliphatic rings. The Kier molecular flexibility index (Phi) is 5.62. The van der Waals surface area contributed by atoms with E-state index in [2.05, 4.69) is 0 Å². The number of amides is 1. The summed E-state index contributed by atoms with van der Waals surface area (Å²) in [6, 6.07) is 0. The molecule has 122 valence electrons. The highest BCUT2D eigenvalue weighted by Gasteiger charge is 2.33. The van der Waals surface area contributed by atoms with Crippen molar-refractivity contribution in [2.75, 3.05) is 46.2 Å². The molecule has 0 radical (unpaired) electrons. The number of rotatable bonds is 4. The minimum absolute atomic E-state index is 0.0238. The number of nitrogens with zero attached hydrogens (tertiary/aromatic N) is 2. The maximum atomic E-state index is 12.6. The third kappa shape index (κ3) is 4.40. The monoisotopic (exact) mass is 318 g/mol. The van der Waals surface area contributed by atoms with Crippen LogP contribution in [0.1, 0.15) is 25.7 Å². The summed E-state index contributed by atoms with van der Waals surface area (Å²) >= 11 is 0. The van der Waals surface area contributed by atoms with Gasteiger partial charge in [-0.3, -0.25) is 4.79 Å². The van der Waals surface area contributed by atoms with Gasteiger partial charge >= 0.3 is 0 Å². The number of carbonyl (C=O) groups excluding carboxylic acids is 1. The van der Waals surface area contributed by atoms with Gasteiger partial charge < -0.3 is 9.64 Å². The van der Waals surface area contributed by atoms with E-state index in [1.807, 2.05) is 4.90 Å². The maximum Gasteiger partial charge on any atom is 0.225 e. The second-order valence-corrected chi connectivity index (χ2v) is 8.17. The first kappa shape index (κ1) is 16.7. The van der Waals surface area contributed by atoms with Crippen molar-refractivity contribution in [1.82, 2.24) is 9.21 Å². The highest BCUT2D eigenvalue weighted by molar-refractivity contribution is 7.88. The van der Waals surface area contributed by atoms with E-state index in [0.29, 0.717) is 38.5 Å². The Balaban J connectivity index is 1.87. The van der Waals surface area contributed by atoms with Gasteiger partial charge in [-0.05, 0) is 31.6 Å². The third-order valence-electron chi connectivity index (χ3n) is 4.51. The number of likely N-dealkylation sites (tertiary alicyclic amines) is 1. The zero-order chi connectivity index (χ0) is 15.5. The van der Waals surface area contributed by atoms with E-state index in [4.69, 9.17) is 4.74 Å². The predicted octanol–water partition coefficient (Wildman–Crippen LogP) is 0.543. The fourth-order valence-corrected chi connectivity index (χ4v) is 4.20. The van der Waals surface area contributed by atoms with Crippen LogP contribution in [0.25, 0.3) is 0 Å². The molecule has 0 bridgehead atoms. The lowest BCUT2D eigenvalue weighted by Gasteiger charge is -2.37. The summed E-state index contributed by atoms with van der Waals surface area (Å²) < 4.78 is 29.7. The van der Waals surface area contributed by atoms with Gasteiger partial charge in [0.25, 0.3) is 0 Å². The summed E-state index contributed by atoms with van der Waals surface area (Å²) in [5.74, 6) is 0.608. The standard InChI is InChI=1S/C14H26N2O4S/c1-20-11-12-4-3-7-15(10-12)14(17)13-5-8-16(9-6-13)21(2,18)19/h12-13H,3-11H2,1-2H3. The largest absolute Gasteiger partial charge is 0.384 e. The first-order chi connectivity index (χ1) is 9.91. The lowest BCUT2D eigenvalue weighted by atomic mass is 9.93. The third-order valence-corrected chi connectivity index (χ3v) is 5.81. The molecule has 1 atom stereocenters. The molecule has 0 aromatic carbocycles. The van der Waals surface area contributed by atoms with Gasteiger partial charge in [-0.25, -0.2) is 12.7 Å². The minimum atomic E-state index is -3.12. The Morgan fingerprint density at radius 3 is 2.43 bits per heavy atom. The number of hydrogen-bond donors (Lipinski definition) is 0. The van der Waals surface area contributed by atoms with Crippen LogP contribution in [0.5, 0.6) is 0 Å². The van der Waals surface area contributed by atoms with Crippen LogP contribution < -0.4 is 0 Å². The number of ether oxygens (including phenoxy) is 1. The molecule has 2 saturated heterocycles. The van der Waals surface area contributed by atoms with Crippen molar-refractivity contribution in [3.8, 4) is 0 Å². The molecule has 0 saturated carbocycles. The molecule has 6 nitrogen and oxygen atoms in total. The van der Waals surface area contributed by atoms with E-state index in [1.54, 1.807) is 7.11 Å². The van der Waals surface area contributed by atoms with Crippen LogP contribution in [0, 0.1) is 11.8 Å². The van der Waals surface area contributed by atoms with Crippen LogP contribution in [0.3, 0.4) is 0 Å². The molecule has 2 rings (SSSR count). The lowest BCUT2D eigenvalue weighted by molar-refractivity contribution is -0.139. The van der Waals surface area contributed by atoms with E-state index in [0.717, 1.165) is 25.9 Å². The number of piperidine rings is 2. The first-order valence-electron chi connectivity index (χ1n) is 7.64. The molecule has 0 spiro atoms. The molecule has 0 N–H and O–H groups in total. The number of methoxy groups -OCH3 is 1. The summed E-state index contributed by atoms with van der Waals surface area (Å²) in [4.78, 5) is 14.5. The summed E-state index contributed by atoms with van der Waals surface area (Å²) in [5, 5.41) is 0. The topological polar surface area (TPSA) is 66.9 Å². The van der Waals surface area contributed by atoms with Crippen molar-refractivity contribution in [2.24, 2.45) is 11.8 Å². The van der Waals surface area contributed by atoms with Gasteiger partial charge in [0.2, 0.25) is 15.9 Å². The van der Waals surface area contributed by atoms with Gasteiger partial charge in [-0.2, -0.15) is 0 Å². The van der Waals surface area contributed by atoms with Crippen LogP contribution >= 0.6 is 0 Å². The van der Waals surface area contributed by atoms with Crippen molar-refractivity contribution in [3.05, 3.63) is 0 Å². The Labute approximate surface area is 127 Å². The summed E-state index contributed by atoms with van der Waals surface area (Å²) in [6.07, 6.45) is 4.65. The smallest absolute Gasteiger partial charge is 0.225 e. The predicted molar refractivity (Wildman–Crippen MR) is 80.3 cm³/mol. The van der Waals surface area contributed by atoms with Crippen molar-refractivity contribution in [3.63, 3.8) is 0 Å². The Morgan fingerprint density at radius 1 is 1.19 bits per heavy atom. The molecule has 2 aliphatic heterocycles. The highest BCUT2D eigenvalue weighted by Crippen LogP contribution is 2.24. The number of hydrogen-bond acceptors (Lipinski definition) is 4. The molecule has 2 fully saturated rings. The van der Waals surface area contributed by atoms with Crippen molar-refractivity contribution in [2.45, 2.75) is 25.7 Å². The van der Waals surface area contributed by atoms with Gasteiger partial charge in [0.1, 0.15) is 0 Å². The van der Waals surface area contributed by atoms with Crippen molar-refractivity contribution >= 4 is 15.9 Å². The number of carbonyl (C=O) groups is 1. The van der Waals surface area contributed by atoms with E-state index >= 15 is 0 Å². The second-order valence-electron chi connectivity index (χ2n) is 6.18. The fourth-order valence-electron chi connectivity index (χ4n) is 3.33. The van der Waals surface area contributed by atoms with Gasteiger partial charge in [0, 0.05) is 39.2 Å². The Bertz CT molecular complexity index is 456. The van der Waals surface area contributed by atoms with Gasteiger partial charge in [-0.1, -0.05) is 0 Å². The molecule has 0 aromatic rings. The van der Waals surface area contributed by atoms with Crippen LogP contribution in [-0.4, -0.2) is 69.7 Å². The molecule has 1 unspecified atom stereocenters. The van der Waals surface area contributed by atoms with Gasteiger partial charge in [0.05, 0.1) is 12.9 Å². The summed E-state index contributed by atoms with van der Waals surface area (Å²) in [7, 11) is -1.43. The quantitative estimate of drug-likeness (QED) is 0.759. The SMILES string of the molecule is COCC1CCCN(C(=O)C2CCN(S(C)(=O)=O)CC2)C1. The first-order valence-corrected chi connectivity index (χ1v) is 9.49. The molecular formula is C14H26N2O4S. The van der Waals surface area contributed by atoms with E-state index < -0.39 is 10.0 Å². The highest BCUT2D eigenvalue weighted by atomic mass is 32.2. The van der Waals surface area contributed by atoms with Crippen molar-refractivity contribution in [1.29, 1.82) is 0 Å². The minimum Gasteiger partial charge on any atom is -0.384 e. The van der Waals surface area contributed by atoms with Crippen LogP contribution in [0.2, 0.25) is 0 Å². The van der Waals surface area contributed by atoms with Crippen LogP contribution in [0.4, 0.5) is 0 Å². The van der Waals surface area contributed by atoms with E-state index in [1.165, 1.54) is 10.6 Å². The normalized spacial score (nSPS) is 26.0. The lowest BCUT2D eigenvalue weighted by Crippen LogP contribution is -2.47. The Morgan fingerprint density at radius 2 is 1.86 bits per heavy atom. The summed E-state index contributed by atoms with van der Waals surface area (Å²) in [6.45, 7) is 3.23. The average molecular weight is 318 g/mol. The molecule has 7 heteroatoms. The average Bonchev–Trinajstić information content (AvgIpc) is 2.46. The summed E-state index contributed by atoms with van der Waals surface area (Å²) in [5.41, 5.74) is 0. The Hall–Kier alpha value is -0.660. The number of sulfonamides is 1. The van der Waals surface area contributed by atoms with E-state index in [-0.39, 0.29) is 11.8 Å². The second kappa shape index (κ2) is 7.07. The molecule has 0 aromatic heterocycles. The van der Waals surface area contributed by atoms with Crippen LogP contribution in [-0.2, 0) is 19.6 Å². The zero-order valence-electron chi connectivity index (χ0n) is 13.0. The van der Waals surface area contributed by atoms with Gasteiger partial charge in [0.15, 0.2) is 0 Å². The molecule has 2 heterocycles. The molecular weight excluding hydrogens is 292 g/mol.